The minimum atomic E-state index is -0.590. The Kier molecular flexibility index (Phi) is 5.97. The fraction of sp³-hybridized carbons (Fsp3) is 0.714. The molecule has 1 saturated heterocycles. The van der Waals surface area contributed by atoms with E-state index in [-0.39, 0.29) is 0 Å². The predicted octanol–water partition coefficient (Wildman–Crippen LogP) is 1.63. The molecular formula is C14H21N5O4. The molecule has 126 valence electrons. The van der Waals surface area contributed by atoms with E-state index in [9.17, 15) is 9.59 Å². The monoisotopic (exact) mass is 323 g/mol. The zero-order valence-corrected chi connectivity index (χ0v) is 13.3. The Hall–Kier alpha value is -2.09. The van der Waals surface area contributed by atoms with Gasteiger partial charge in [-0.05, 0) is 18.9 Å². The molecule has 2 heterocycles. The Morgan fingerprint density at radius 2 is 2.35 bits per heavy atom. The summed E-state index contributed by atoms with van der Waals surface area (Å²) in [6.45, 7) is 4.60. The predicted molar refractivity (Wildman–Crippen MR) is 83.2 cm³/mol. The third-order valence-corrected chi connectivity index (χ3v) is 3.78. The lowest BCUT2D eigenvalue weighted by molar-refractivity contribution is -0.0457. The first-order chi connectivity index (χ1) is 11.1. The van der Waals surface area contributed by atoms with Crippen molar-refractivity contribution < 1.29 is 9.47 Å². The molecule has 2 rings (SSSR count). The van der Waals surface area contributed by atoms with Crippen LogP contribution in [-0.4, -0.2) is 34.9 Å². The van der Waals surface area contributed by atoms with Gasteiger partial charge in [-0.1, -0.05) is 18.5 Å². The van der Waals surface area contributed by atoms with Crippen LogP contribution in [0.5, 0.6) is 0 Å². The van der Waals surface area contributed by atoms with Crippen molar-refractivity contribution in [1.82, 2.24) is 9.55 Å². The molecule has 0 bridgehead atoms. The molecule has 0 aliphatic carbocycles. The van der Waals surface area contributed by atoms with Gasteiger partial charge in [-0.15, -0.1) is 0 Å². The lowest BCUT2D eigenvalue weighted by Crippen LogP contribution is -2.33. The minimum Gasteiger partial charge on any atom is -0.379 e. The first-order valence-electron chi connectivity index (χ1n) is 7.66. The van der Waals surface area contributed by atoms with Gasteiger partial charge in [0.1, 0.15) is 6.23 Å². The number of aryl methyl sites for hydroxylation is 1. The summed E-state index contributed by atoms with van der Waals surface area (Å²) in [5.41, 5.74) is 8.14. The highest BCUT2D eigenvalue weighted by molar-refractivity contribution is 5.02. The summed E-state index contributed by atoms with van der Waals surface area (Å²) >= 11 is 0. The Bertz CT molecular complexity index is 691. The van der Waals surface area contributed by atoms with Crippen LogP contribution in [0.4, 0.5) is 0 Å². The lowest BCUT2D eigenvalue weighted by Gasteiger charge is -2.16. The van der Waals surface area contributed by atoms with Gasteiger partial charge in [-0.2, -0.15) is 0 Å². The van der Waals surface area contributed by atoms with E-state index in [2.05, 4.69) is 21.9 Å². The van der Waals surface area contributed by atoms with E-state index >= 15 is 0 Å². The van der Waals surface area contributed by atoms with Crippen LogP contribution in [0.15, 0.2) is 20.9 Å². The van der Waals surface area contributed by atoms with Gasteiger partial charge in [0.25, 0.3) is 5.56 Å². The maximum absolute atomic E-state index is 11.9. The number of nitrogens with one attached hydrogen (secondary N) is 1. The van der Waals surface area contributed by atoms with Gasteiger partial charge < -0.3 is 9.47 Å². The second kappa shape index (κ2) is 7.96. The van der Waals surface area contributed by atoms with E-state index in [4.69, 9.17) is 15.0 Å². The van der Waals surface area contributed by atoms with Crippen molar-refractivity contribution in [2.75, 3.05) is 13.2 Å². The standard InChI is InChI=1S/C14H21N5O4/c1-3-4-5-22-8-11-10(17-18-15)6-12(23-11)19-7-9(2)13(20)16-14(19)21/h7,10-12H,3-6,8H2,1-2H3,(H,16,20,21)/t10?,11-,12-/m1/s1. The average molecular weight is 323 g/mol. The molecule has 1 aliphatic rings. The van der Waals surface area contributed by atoms with Crippen LogP contribution in [0, 0.1) is 6.92 Å². The first-order valence-corrected chi connectivity index (χ1v) is 7.66. The van der Waals surface area contributed by atoms with E-state index in [1.807, 2.05) is 0 Å². The van der Waals surface area contributed by atoms with Crippen molar-refractivity contribution in [2.24, 2.45) is 5.11 Å². The van der Waals surface area contributed by atoms with E-state index in [1.54, 1.807) is 6.92 Å². The second-order valence-electron chi connectivity index (χ2n) is 5.54. The first kappa shape index (κ1) is 17.3. The van der Waals surface area contributed by atoms with Gasteiger partial charge in [-0.25, -0.2) is 4.79 Å². The number of hydrogen-bond donors (Lipinski definition) is 1. The van der Waals surface area contributed by atoms with Crippen molar-refractivity contribution in [3.8, 4) is 0 Å². The van der Waals surface area contributed by atoms with Gasteiger partial charge in [0.15, 0.2) is 0 Å². The molecule has 1 unspecified atom stereocenters. The summed E-state index contributed by atoms with van der Waals surface area (Å²) in [6.07, 6.45) is 2.79. The molecule has 1 aromatic heterocycles. The van der Waals surface area contributed by atoms with Gasteiger partial charge >= 0.3 is 5.69 Å². The Morgan fingerprint density at radius 3 is 3.04 bits per heavy atom. The number of aromatic nitrogens is 2. The fourth-order valence-electron chi connectivity index (χ4n) is 2.47. The van der Waals surface area contributed by atoms with E-state index < -0.39 is 29.6 Å². The Labute approximate surface area is 132 Å². The van der Waals surface area contributed by atoms with Crippen LogP contribution in [-0.2, 0) is 9.47 Å². The van der Waals surface area contributed by atoms with Crippen LogP contribution in [0.1, 0.15) is 38.0 Å². The molecule has 9 heteroatoms. The number of H-pyrrole nitrogens is 1. The van der Waals surface area contributed by atoms with Crippen molar-refractivity contribution in [3.63, 3.8) is 0 Å². The van der Waals surface area contributed by atoms with E-state index in [0.29, 0.717) is 25.2 Å². The molecule has 1 fully saturated rings. The number of ether oxygens (including phenoxy) is 2. The average Bonchev–Trinajstić information content (AvgIpc) is 2.91. The molecule has 23 heavy (non-hydrogen) atoms. The topological polar surface area (TPSA) is 122 Å². The van der Waals surface area contributed by atoms with Crippen molar-refractivity contribution >= 4 is 0 Å². The zero-order valence-electron chi connectivity index (χ0n) is 13.3. The van der Waals surface area contributed by atoms with Gasteiger partial charge in [0.2, 0.25) is 0 Å². The molecule has 0 radical (unpaired) electrons. The number of azide groups is 1. The Morgan fingerprint density at radius 1 is 1.57 bits per heavy atom. The summed E-state index contributed by atoms with van der Waals surface area (Å²) in [7, 11) is 0. The zero-order chi connectivity index (χ0) is 16.8. The third kappa shape index (κ3) is 4.22. The molecule has 1 aromatic rings. The molecule has 0 aromatic carbocycles. The summed E-state index contributed by atoms with van der Waals surface area (Å²) in [5.74, 6) is 0. The molecule has 0 amide bonds. The van der Waals surface area contributed by atoms with Crippen molar-refractivity contribution in [3.05, 3.63) is 43.0 Å². The van der Waals surface area contributed by atoms with Crippen LogP contribution >= 0.6 is 0 Å². The van der Waals surface area contributed by atoms with Crippen LogP contribution in [0.3, 0.4) is 0 Å². The molecule has 3 atom stereocenters. The largest absolute Gasteiger partial charge is 0.379 e. The third-order valence-electron chi connectivity index (χ3n) is 3.78. The number of hydrogen-bond acceptors (Lipinski definition) is 5. The van der Waals surface area contributed by atoms with Gasteiger partial charge in [-0.3, -0.25) is 14.3 Å². The summed E-state index contributed by atoms with van der Waals surface area (Å²) in [4.78, 5) is 28.5. The fourth-order valence-corrected chi connectivity index (χ4v) is 2.47. The van der Waals surface area contributed by atoms with Crippen LogP contribution in [0.2, 0.25) is 0 Å². The molecule has 1 N–H and O–H groups in total. The van der Waals surface area contributed by atoms with Gasteiger partial charge in [0, 0.05) is 29.7 Å². The quantitative estimate of drug-likeness (QED) is 0.354. The highest BCUT2D eigenvalue weighted by atomic mass is 16.6. The second-order valence-corrected chi connectivity index (χ2v) is 5.54. The summed E-state index contributed by atoms with van der Waals surface area (Å²) in [5, 5.41) is 3.74. The highest BCUT2D eigenvalue weighted by Gasteiger charge is 2.36. The van der Waals surface area contributed by atoms with E-state index in [1.165, 1.54) is 10.8 Å². The SMILES string of the molecule is CCCCOC[C@H]1O[C@@H](n2cc(C)c(=O)[nH]c2=O)CC1N=[N+]=[N-]. The van der Waals surface area contributed by atoms with E-state index in [0.717, 1.165) is 12.8 Å². The summed E-state index contributed by atoms with van der Waals surface area (Å²) < 4.78 is 12.7. The smallest absolute Gasteiger partial charge is 0.330 e. The molecule has 0 spiro atoms. The van der Waals surface area contributed by atoms with Crippen LogP contribution < -0.4 is 11.2 Å². The maximum Gasteiger partial charge on any atom is 0.330 e. The summed E-state index contributed by atoms with van der Waals surface area (Å²) in [6, 6.07) is -0.411. The number of unbranched alkanes of at least 4 members (excludes halogenated alkanes) is 1. The number of rotatable bonds is 7. The van der Waals surface area contributed by atoms with Crippen molar-refractivity contribution in [2.45, 2.75) is 51.5 Å². The molecular weight excluding hydrogens is 302 g/mol. The Balaban J connectivity index is 2.13. The number of aromatic amines is 1. The highest BCUT2D eigenvalue weighted by Crippen LogP contribution is 2.30. The minimum absolute atomic E-state index is 0.303. The molecule has 0 saturated carbocycles. The van der Waals surface area contributed by atoms with Crippen LogP contribution in [0.25, 0.3) is 10.4 Å². The normalized spacial score (nSPS) is 23.7. The lowest BCUT2D eigenvalue weighted by atomic mass is 10.1. The number of nitrogens with zero attached hydrogens (tertiary/aromatic N) is 4. The molecule has 1 aliphatic heterocycles. The molecule has 9 nitrogen and oxygen atoms in total. The van der Waals surface area contributed by atoms with Gasteiger partial charge in [0.05, 0.1) is 18.8 Å². The van der Waals surface area contributed by atoms with Crippen molar-refractivity contribution in [1.29, 1.82) is 0 Å². The maximum atomic E-state index is 11.9.